The zero-order valence-electron chi connectivity index (χ0n) is 18.3. The van der Waals surface area contributed by atoms with Gasteiger partial charge in [0.25, 0.3) is 11.7 Å². The molecule has 0 spiro atoms. The Morgan fingerprint density at radius 1 is 1.00 bits per heavy atom. The number of aromatic hydroxyl groups is 1. The molecule has 7 heteroatoms. The number of rotatable bonds is 4. The fraction of sp³-hybridized carbons (Fsp3) is 0.154. The van der Waals surface area contributed by atoms with E-state index >= 15 is 0 Å². The molecule has 2 N–H and O–H groups in total. The number of carbonyl (C=O) groups is 2. The van der Waals surface area contributed by atoms with Crippen molar-refractivity contribution in [3.63, 3.8) is 0 Å². The highest BCUT2D eigenvalue weighted by atomic mass is 35.5. The van der Waals surface area contributed by atoms with Gasteiger partial charge in [0.15, 0.2) is 0 Å². The fourth-order valence-corrected chi connectivity index (χ4v) is 4.21. The van der Waals surface area contributed by atoms with Crippen LogP contribution in [0.5, 0.6) is 11.5 Å². The molecule has 1 aliphatic rings. The number of nitrogens with zero attached hydrogens (tertiary/aromatic N) is 1. The topological polar surface area (TPSA) is 87.1 Å². The molecule has 1 aliphatic heterocycles. The van der Waals surface area contributed by atoms with Gasteiger partial charge in [-0.15, -0.1) is 0 Å². The van der Waals surface area contributed by atoms with Gasteiger partial charge in [0.1, 0.15) is 17.3 Å². The van der Waals surface area contributed by atoms with Crippen LogP contribution in [0.4, 0.5) is 5.69 Å². The largest absolute Gasteiger partial charge is 0.508 e. The van der Waals surface area contributed by atoms with Crippen molar-refractivity contribution >= 4 is 34.7 Å². The Kier molecular flexibility index (Phi) is 5.87. The van der Waals surface area contributed by atoms with Crippen LogP contribution in [0.25, 0.3) is 5.76 Å². The van der Waals surface area contributed by atoms with Crippen molar-refractivity contribution < 1.29 is 24.5 Å². The second-order valence-electron chi connectivity index (χ2n) is 7.88. The highest BCUT2D eigenvalue weighted by molar-refractivity contribution is 6.51. The molecule has 0 aliphatic carbocycles. The Bertz CT molecular complexity index is 1310. The third-order valence-corrected chi connectivity index (χ3v) is 6.12. The first-order valence-corrected chi connectivity index (χ1v) is 10.6. The lowest BCUT2D eigenvalue weighted by Crippen LogP contribution is -2.29. The van der Waals surface area contributed by atoms with Crippen LogP contribution in [0.2, 0.25) is 5.02 Å². The van der Waals surface area contributed by atoms with Crippen molar-refractivity contribution in [3.8, 4) is 11.5 Å². The SMILES string of the molecule is COc1ccc(/C(O)=C2\C(=O)C(=O)N(c3ccc(C)c(C)c3)C2c2cccc(O)c2)cc1Cl. The van der Waals surface area contributed by atoms with Gasteiger partial charge in [0.2, 0.25) is 0 Å². The Balaban J connectivity index is 1.96. The molecule has 0 bridgehead atoms. The zero-order chi connectivity index (χ0) is 23.9. The van der Waals surface area contributed by atoms with Gasteiger partial charge < -0.3 is 14.9 Å². The first-order valence-electron chi connectivity index (χ1n) is 10.2. The predicted octanol–water partition coefficient (Wildman–Crippen LogP) is 5.30. The van der Waals surface area contributed by atoms with E-state index in [0.29, 0.717) is 17.0 Å². The number of aliphatic hydroxyl groups is 1. The number of phenolic OH excluding ortho intramolecular Hbond substituents is 1. The van der Waals surface area contributed by atoms with E-state index in [9.17, 15) is 19.8 Å². The van der Waals surface area contributed by atoms with E-state index in [4.69, 9.17) is 16.3 Å². The number of anilines is 1. The second-order valence-corrected chi connectivity index (χ2v) is 8.29. The lowest BCUT2D eigenvalue weighted by atomic mass is 9.94. The summed E-state index contributed by atoms with van der Waals surface area (Å²) in [5.41, 5.74) is 3.16. The van der Waals surface area contributed by atoms with Gasteiger partial charge in [-0.05, 0) is 73.0 Å². The first kappa shape index (κ1) is 22.4. The van der Waals surface area contributed by atoms with Crippen molar-refractivity contribution in [2.24, 2.45) is 0 Å². The molecule has 3 aromatic rings. The minimum atomic E-state index is -0.944. The normalized spacial score (nSPS) is 17.5. The number of phenols is 1. The van der Waals surface area contributed by atoms with Crippen molar-refractivity contribution in [2.45, 2.75) is 19.9 Å². The minimum Gasteiger partial charge on any atom is -0.508 e. The number of methoxy groups -OCH3 is 1. The van der Waals surface area contributed by atoms with E-state index in [1.807, 2.05) is 26.0 Å². The molecule has 1 amide bonds. The molecule has 33 heavy (non-hydrogen) atoms. The maximum Gasteiger partial charge on any atom is 0.300 e. The minimum absolute atomic E-state index is 0.0225. The van der Waals surface area contributed by atoms with Crippen LogP contribution in [0, 0.1) is 13.8 Å². The van der Waals surface area contributed by atoms with Gasteiger partial charge in [0, 0.05) is 11.3 Å². The summed E-state index contributed by atoms with van der Waals surface area (Å²) in [7, 11) is 1.47. The lowest BCUT2D eigenvalue weighted by molar-refractivity contribution is -0.132. The number of amides is 1. The van der Waals surface area contributed by atoms with Gasteiger partial charge in [-0.3, -0.25) is 14.5 Å². The summed E-state index contributed by atoms with van der Waals surface area (Å²) in [5.74, 6) is -1.57. The summed E-state index contributed by atoms with van der Waals surface area (Å²) in [6, 6.07) is 15.4. The number of hydrogen-bond donors (Lipinski definition) is 2. The van der Waals surface area contributed by atoms with E-state index in [-0.39, 0.29) is 27.7 Å². The highest BCUT2D eigenvalue weighted by Gasteiger charge is 2.47. The molecule has 0 aromatic heterocycles. The molecule has 0 radical (unpaired) electrons. The van der Waals surface area contributed by atoms with Gasteiger partial charge in [-0.1, -0.05) is 29.8 Å². The number of aryl methyl sites for hydroxylation is 2. The number of carbonyl (C=O) groups excluding carboxylic acids is 2. The summed E-state index contributed by atoms with van der Waals surface area (Å²) >= 11 is 6.22. The Labute approximate surface area is 196 Å². The molecule has 1 heterocycles. The maximum absolute atomic E-state index is 13.2. The van der Waals surface area contributed by atoms with Gasteiger partial charge in [-0.2, -0.15) is 0 Å². The van der Waals surface area contributed by atoms with Crippen LogP contribution in [0.3, 0.4) is 0 Å². The summed E-state index contributed by atoms with van der Waals surface area (Å²) in [4.78, 5) is 27.8. The third kappa shape index (κ3) is 3.94. The molecule has 1 unspecified atom stereocenters. The first-order chi connectivity index (χ1) is 15.7. The van der Waals surface area contributed by atoms with Crippen LogP contribution in [0.1, 0.15) is 28.3 Å². The third-order valence-electron chi connectivity index (χ3n) is 5.82. The van der Waals surface area contributed by atoms with Crippen molar-refractivity contribution in [2.75, 3.05) is 12.0 Å². The summed E-state index contributed by atoms with van der Waals surface area (Å²) < 4.78 is 5.16. The number of halogens is 1. The number of Topliss-reactive ketones (excluding diaryl/α,β-unsaturated/α-hetero) is 1. The van der Waals surface area contributed by atoms with Crippen LogP contribution in [-0.2, 0) is 9.59 Å². The summed E-state index contributed by atoms with van der Waals surface area (Å²) in [6.07, 6.45) is 0. The Hall–Kier alpha value is -3.77. The van der Waals surface area contributed by atoms with Crippen molar-refractivity contribution in [3.05, 3.63) is 93.5 Å². The smallest absolute Gasteiger partial charge is 0.300 e. The molecule has 1 atom stereocenters. The summed E-state index contributed by atoms with van der Waals surface area (Å²) in [6.45, 7) is 3.87. The van der Waals surface area contributed by atoms with E-state index in [1.54, 1.807) is 30.3 Å². The molecule has 1 fully saturated rings. The average molecular weight is 464 g/mol. The Morgan fingerprint density at radius 3 is 2.39 bits per heavy atom. The second kappa shape index (κ2) is 8.64. The molecular formula is C26H22ClNO5. The lowest BCUT2D eigenvalue weighted by Gasteiger charge is -2.26. The van der Waals surface area contributed by atoms with Gasteiger partial charge in [0.05, 0.1) is 23.7 Å². The standard InChI is InChI=1S/C26H22ClNO5/c1-14-7-9-18(11-15(14)2)28-23(16-5-4-6-19(29)12-16)22(25(31)26(28)32)24(30)17-8-10-21(33-3)20(27)13-17/h4-13,23,29-30H,1-3H3/b24-22+. The number of hydrogen-bond acceptors (Lipinski definition) is 5. The molecule has 6 nitrogen and oxygen atoms in total. The fourth-order valence-electron chi connectivity index (χ4n) is 3.95. The van der Waals surface area contributed by atoms with E-state index in [2.05, 4.69) is 0 Å². The van der Waals surface area contributed by atoms with E-state index in [1.165, 1.54) is 30.2 Å². The van der Waals surface area contributed by atoms with Crippen LogP contribution >= 0.6 is 11.6 Å². The monoisotopic (exact) mass is 463 g/mol. The molecule has 4 rings (SSSR count). The summed E-state index contributed by atoms with van der Waals surface area (Å²) in [5, 5.41) is 21.5. The van der Waals surface area contributed by atoms with Crippen LogP contribution in [0.15, 0.2) is 66.2 Å². The van der Waals surface area contributed by atoms with Gasteiger partial charge in [-0.25, -0.2) is 0 Å². The molecule has 3 aromatic carbocycles. The van der Waals surface area contributed by atoms with Crippen LogP contribution in [-0.4, -0.2) is 29.0 Å². The number of aliphatic hydroxyl groups excluding tert-OH is 1. The van der Waals surface area contributed by atoms with E-state index in [0.717, 1.165) is 11.1 Å². The Morgan fingerprint density at radius 2 is 1.76 bits per heavy atom. The quantitative estimate of drug-likeness (QED) is 0.311. The predicted molar refractivity (Wildman–Crippen MR) is 127 cm³/mol. The van der Waals surface area contributed by atoms with Gasteiger partial charge >= 0.3 is 0 Å². The average Bonchev–Trinajstić information content (AvgIpc) is 3.06. The van der Waals surface area contributed by atoms with E-state index < -0.39 is 17.7 Å². The molecular weight excluding hydrogens is 442 g/mol. The maximum atomic E-state index is 13.2. The van der Waals surface area contributed by atoms with Crippen molar-refractivity contribution in [1.82, 2.24) is 0 Å². The molecule has 0 saturated carbocycles. The highest BCUT2D eigenvalue weighted by Crippen LogP contribution is 2.43. The number of ketones is 1. The van der Waals surface area contributed by atoms with Crippen LogP contribution < -0.4 is 9.64 Å². The number of ether oxygens (including phenoxy) is 1. The number of benzene rings is 3. The van der Waals surface area contributed by atoms with Crippen molar-refractivity contribution in [1.29, 1.82) is 0 Å². The molecule has 1 saturated heterocycles. The zero-order valence-corrected chi connectivity index (χ0v) is 19.1. The molecule has 168 valence electrons.